The van der Waals surface area contributed by atoms with E-state index in [-0.39, 0.29) is 5.91 Å². The number of aromatic nitrogens is 2. The molecule has 0 spiro atoms. The van der Waals surface area contributed by atoms with Gasteiger partial charge in [-0.3, -0.25) is 4.79 Å². The second kappa shape index (κ2) is 4.54. The van der Waals surface area contributed by atoms with Crippen molar-refractivity contribution >= 4 is 5.91 Å². The van der Waals surface area contributed by atoms with Crippen molar-refractivity contribution in [3.63, 3.8) is 0 Å². The molecule has 0 aromatic carbocycles. The number of nitrogens with zero attached hydrogens (tertiary/aromatic N) is 2. The Bertz CT molecular complexity index is 281. The fourth-order valence-electron chi connectivity index (χ4n) is 0.899. The molecule has 0 bridgehead atoms. The van der Waals surface area contributed by atoms with E-state index in [4.69, 9.17) is 0 Å². The van der Waals surface area contributed by atoms with Crippen molar-refractivity contribution in [2.75, 3.05) is 6.54 Å². The van der Waals surface area contributed by atoms with Gasteiger partial charge >= 0.3 is 0 Å². The van der Waals surface area contributed by atoms with Gasteiger partial charge in [-0.25, -0.2) is 9.97 Å². The van der Waals surface area contributed by atoms with E-state index in [1.54, 1.807) is 12.4 Å². The maximum Gasteiger partial charge on any atom is 0.216 e. The number of hydrogen-bond acceptors (Lipinski definition) is 3. The van der Waals surface area contributed by atoms with Gasteiger partial charge in [0.1, 0.15) is 5.82 Å². The highest BCUT2D eigenvalue weighted by atomic mass is 16.1. The Morgan fingerprint density at radius 2 is 2.08 bits per heavy atom. The lowest BCUT2D eigenvalue weighted by molar-refractivity contribution is -0.118. The first kappa shape index (κ1) is 9.64. The predicted molar refractivity (Wildman–Crippen MR) is 49.2 cm³/mol. The topological polar surface area (TPSA) is 54.9 Å². The van der Waals surface area contributed by atoms with Crippen LogP contribution in [0.3, 0.4) is 0 Å². The second-order valence-corrected chi connectivity index (χ2v) is 2.91. The number of aryl methyl sites for hydroxylation is 1. The van der Waals surface area contributed by atoms with E-state index in [1.165, 1.54) is 6.92 Å². The fourth-order valence-corrected chi connectivity index (χ4v) is 0.899. The van der Waals surface area contributed by atoms with Gasteiger partial charge in [0, 0.05) is 32.3 Å². The molecule has 0 unspecified atom stereocenters. The third kappa shape index (κ3) is 3.64. The monoisotopic (exact) mass is 179 g/mol. The lowest BCUT2D eigenvalue weighted by Gasteiger charge is -2.00. The molecule has 0 aliphatic carbocycles. The zero-order valence-corrected chi connectivity index (χ0v) is 7.87. The average Bonchev–Trinajstić information content (AvgIpc) is 2.08. The van der Waals surface area contributed by atoms with Crippen molar-refractivity contribution in [1.29, 1.82) is 0 Å². The third-order valence-corrected chi connectivity index (χ3v) is 1.56. The van der Waals surface area contributed by atoms with E-state index in [0.717, 1.165) is 11.4 Å². The Morgan fingerprint density at radius 3 is 2.62 bits per heavy atom. The molecule has 0 fully saturated rings. The van der Waals surface area contributed by atoms with Gasteiger partial charge in [0.2, 0.25) is 5.91 Å². The molecule has 0 aliphatic rings. The van der Waals surface area contributed by atoms with Crippen LogP contribution in [0.4, 0.5) is 0 Å². The Balaban J connectivity index is 2.37. The van der Waals surface area contributed by atoms with Crippen molar-refractivity contribution in [3.8, 4) is 0 Å². The molecule has 4 heteroatoms. The molecular weight excluding hydrogens is 166 g/mol. The van der Waals surface area contributed by atoms with Crippen LogP contribution in [0.2, 0.25) is 0 Å². The number of carbonyl (C=O) groups is 1. The maximum absolute atomic E-state index is 10.5. The highest BCUT2D eigenvalue weighted by molar-refractivity contribution is 5.72. The minimum absolute atomic E-state index is 0.0212. The first-order valence-corrected chi connectivity index (χ1v) is 4.20. The Kier molecular flexibility index (Phi) is 3.37. The first-order valence-electron chi connectivity index (χ1n) is 4.20. The lowest BCUT2D eigenvalue weighted by Crippen LogP contribution is -2.23. The minimum atomic E-state index is -0.0212. The number of carbonyl (C=O) groups excluding carboxylic acids is 1. The summed E-state index contributed by atoms with van der Waals surface area (Å²) in [4.78, 5) is 18.8. The van der Waals surface area contributed by atoms with Crippen LogP contribution >= 0.6 is 0 Å². The van der Waals surface area contributed by atoms with Crippen LogP contribution in [-0.2, 0) is 11.2 Å². The molecule has 0 atom stereocenters. The van der Waals surface area contributed by atoms with Crippen LogP contribution in [-0.4, -0.2) is 22.4 Å². The van der Waals surface area contributed by atoms with Crippen molar-refractivity contribution in [2.45, 2.75) is 20.3 Å². The molecule has 1 heterocycles. The van der Waals surface area contributed by atoms with Crippen LogP contribution in [0.5, 0.6) is 0 Å². The summed E-state index contributed by atoms with van der Waals surface area (Å²) in [6.07, 6.45) is 4.23. The van der Waals surface area contributed by atoms with Crippen molar-refractivity contribution in [2.24, 2.45) is 0 Å². The van der Waals surface area contributed by atoms with Gasteiger partial charge < -0.3 is 5.32 Å². The third-order valence-electron chi connectivity index (χ3n) is 1.56. The molecule has 1 aromatic rings. The molecule has 1 amide bonds. The van der Waals surface area contributed by atoms with Crippen molar-refractivity contribution in [3.05, 3.63) is 23.8 Å². The Labute approximate surface area is 77.4 Å². The number of nitrogens with one attached hydrogen (secondary N) is 1. The molecule has 13 heavy (non-hydrogen) atoms. The summed E-state index contributed by atoms with van der Waals surface area (Å²) in [7, 11) is 0. The first-order chi connectivity index (χ1) is 6.18. The van der Waals surface area contributed by atoms with E-state index >= 15 is 0 Å². The summed E-state index contributed by atoms with van der Waals surface area (Å²) in [6.45, 7) is 4.03. The SMILES string of the molecule is CC(=O)NCCc1ncc(C)cn1. The molecule has 1 N–H and O–H groups in total. The molecule has 70 valence electrons. The van der Waals surface area contributed by atoms with E-state index in [0.29, 0.717) is 13.0 Å². The van der Waals surface area contributed by atoms with E-state index in [2.05, 4.69) is 15.3 Å². The fraction of sp³-hybridized carbons (Fsp3) is 0.444. The van der Waals surface area contributed by atoms with Crippen LogP contribution in [0.1, 0.15) is 18.3 Å². The van der Waals surface area contributed by atoms with Crippen molar-refractivity contribution in [1.82, 2.24) is 15.3 Å². The van der Waals surface area contributed by atoms with Gasteiger partial charge in [-0.05, 0) is 12.5 Å². The minimum Gasteiger partial charge on any atom is -0.356 e. The summed E-state index contributed by atoms with van der Waals surface area (Å²) < 4.78 is 0. The Morgan fingerprint density at radius 1 is 1.46 bits per heavy atom. The smallest absolute Gasteiger partial charge is 0.216 e. The average molecular weight is 179 g/mol. The highest BCUT2D eigenvalue weighted by Gasteiger charge is 1.96. The van der Waals surface area contributed by atoms with E-state index in [9.17, 15) is 4.79 Å². The maximum atomic E-state index is 10.5. The van der Waals surface area contributed by atoms with E-state index < -0.39 is 0 Å². The molecule has 1 aromatic heterocycles. The summed E-state index contributed by atoms with van der Waals surface area (Å²) in [5.74, 6) is 0.742. The van der Waals surface area contributed by atoms with Crippen molar-refractivity contribution < 1.29 is 4.79 Å². The number of amides is 1. The molecular formula is C9H13N3O. The highest BCUT2D eigenvalue weighted by Crippen LogP contribution is 1.93. The molecule has 1 rings (SSSR count). The zero-order chi connectivity index (χ0) is 9.68. The molecule has 0 saturated carbocycles. The molecule has 4 nitrogen and oxygen atoms in total. The molecule has 0 radical (unpaired) electrons. The summed E-state index contributed by atoms with van der Waals surface area (Å²) in [5, 5.41) is 2.69. The van der Waals surface area contributed by atoms with Gasteiger partial charge in [0.15, 0.2) is 0 Å². The largest absolute Gasteiger partial charge is 0.356 e. The quantitative estimate of drug-likeness (QED) is 0.733. The lowest BCUT2D eigenvalue weighted by atomic mass is 10.3. The van der Waals surface area contributed by atoms with E-state index in [1.807, 2.05) is 6.92 Å². The zero-order valence-electron chi connectivity index (χ0n) is 7.87. The number of rotatable bonds is 3. The number of hydrogen-bond donors (Lipinski definition) is 1. The van der Waals surface area contributed by atoms with Crippen LogP contribution < -0.4 is 5.32 Å². The van der Waals surface area contributed by atoms with Gasteiger partial charge in [0.05, 0.1) is 0 Å². The molecule has 0 aliphatic heterocycles. The summed E-state index contributed by atoms with van der Waals surface area (Å²) in [5.41, 5.74) is 1.04. The van der Waals surface area contributed by atoms with Gasteiger partial charge in [0.25, 0.3) is 0 Å². The predicted octanol–water partition coefficient (Wildman–Crippen LogP) is 0.464. The molecule has 0 saturated heterocycles. The summed E-state index contributed by atoms with van der Waals surface area (Å²) >= 11 is 0. The van der Waals surface area contributed by atoms with Crippen LogP contribution in [0, 0.1) is 6.92 Å². The van der Waals surface area contributed by atoms with Crippen LogP contribution in [0.15, 0.2) is 12.4 Å². The standard InChI is InChI=1S/C9H13N3O/c1-7-5-11-9(12-6-7)3-4-10-8(2)13/h5-6H,3-4H2,1-2H3,(H,10,13). The van der Waals surface area contributed by atoms with Crippen LogP contribution in [0.25, 0.3) is 0 Å². The normalized spacial score (nSPS) is 9.69. The summed E-state index contributed by atoms with van der Waals surface area (Å²) in [6, 6.07) is 0. The second-order valence-electron chi connectivity index (χ2n) is 2.91. The van der Waals surface area contributed by atoms with Gasteiger partial charge in [-0.15, -0.1) is 0 Å². The Hall–Kier alpha value is -1.45. The van der Waals surface area contributed by atoms with Gasteiger partial charge in [-0.2, -0.15) is 0 Å². The van der Waals surface area contributed by atoms with Gasteiger partial charge in [-0.1, -0.05) is 0 Å².